The van der Waals surface area contributed by atoms with Gasteiger partial charge in [0.2, 0.25) is 5.91 Å². The van der Waals surface area contributed by atoms with Crippen molar-refractivity contribution < 1.29 is 9.53 Å². The van der Waals surface area contributed by atoms with Gasteiger partial charge in [-0.3, -0.25) is 9.20 Å². The fraction of sp³-hybridized carbons (Fsp3) is 0.263. The van der Waals surface area contributed by atoms with E-state index in [1.165, 1.54) is 17.4 Å². The lowest BCUT2D eigenvalue weighted by Crippen LogP contribution is -2.23. The van der Waals surface area contributed by atoms with Crippen molar-refractivity contribution >= 4 is 39.9 Å². The summed E-state index contributed by atoms with van der Waals surface area (Å²) >= 11 is 7.60. The number of nitrogens with zero attached hydrogens (tertiary/aromatic N) is 2. The smallest absolute Gasteiger partial charge is 0.244 e. The summed E-state index contributed by atoms with van der Waals surface area (Å²) in [6.45, 7) is 4.55. The van der Waals surface area contributed by atoms with Gasteiger partial charge in [-0.2, -0.15) is 0 Å². The summed E-state index contributed by atoms with van der Waals surface area (Å²) in [5, 5.41) is 5.19. The second-order valence-electron chi connectivity index (χ2n) is 6.03. The van der Waals surface area contributed by atoms with Crippen molar-refractivity contribution in [3.8, 4) is 5.75 Å². The third-order valence-electron chi connectivity index (χ3n) is 3.65. The minimum Gasteiger partial charge on any atom is -0.491 e. The SMILES string of the molecule is CC(C)Oc1ccc(CCNC(=O)/C=C/c2c(Cl)nc3sccn23)cc1. The number of hydrogen-bond acceptors (Lipinski definition) is 4. The number of amides is 1. The van der Waals surface area contributed by atoms with Crippen molar-refractivity contribution in [1.29, 1.82) is 0 Å². The van der Waals surface area contributed by atoms with Gasteiger partial charge in [0, 0.05) is 24.2 Å². The summed E-state index contributed by atoms with van der Waals surface area (Å²) in [6.07, 6.45) is 5.95. The van der Waals surface area contributed by atoms with Gasteiger partial charge in [0.25, 0.3) is 0 Å². The van der Waals surface area contributed by atoms with Crippen LogP contribution in [0.4, 0.5) is 0 Å². The van der Waals surface area contributed by atoms with Crippen molar-refractivity contribution in [2.45, 2.75) is 26.4 Å². The number of nitrogens with one attached hydrogen (secondary N) is 1. The summed E-state index contributed by atoms with van der Waals surface area (Å²) in [5.41, 5.74) is 1.85. The van der Waals surface area contributed by atoms with E-state index in [0.717, 1.165) is 22.7 Å². The monoisotopic (exact) mass is 389 g/mol. The minimum absolute atomic E-state index is 0.159. The number of aromatic nitrogens is 2. The van der Waals surface area contributed by atoms with Gasteiger partial charge in [-0.1, -0.05) is 23.7 Å². The number of carbonyl (C=O) groups excluding carboxylic acids is 1. The van der Waals surface area contributed by atoms with Gasteiger partial charge in [0.15, 0.2) is 10.1 Å². The fourth-order valence-electron chi connectivity index (χ4n) is 2.48. The minimum atomic E-state index is -0.161. The van der Waals surface area contributed by atoms with Gasteiger partial charge in [-0.25, -0.2) is 4.98 Å². The zero-order valence-electron chi connectivity index (χ0n) is 14.6. The van der Waals surface area contributed by atoms with Crippen molar-refractivity contribution in [3.63, 3.8) is 0 Å². The van der Waals surface area contributed by atoms with E-state index in [0.29, 0.717) is 17.4 Å². The molecule has 0 saturated heterocycles. The fourth-order valence-corrected chi connectivity index (χ4v) is 3.48. The molecule has 1 aromatic carbocycles. The Balaban J connectivity index is 1.50. The van der Waals surface area contributed by atoms with Gasteiger partial charge in [0.1, 0.15) is 5.75 Å². The Morgan fingerprint density at radius 2 is 2.15 bits per heavy atom. The second kappa shape index (κ2) is 8.38. The third kappa shape index (κ3) is 4.65. The Bertz CT molecular complexity index is 913. The molecule has 136 valence electrons. The van der Waals surface area contributed by atoms with Gasteiger partial charge < -0.3 is 10.1 Å². The average molecular weight is 390 g/mol. The van der Waals surface area contributed by atoms with Gasteiger partial charge >= 0.3 is 0 Å². The van der Waals surface area contributed by atoms with Gasteiger partial charge in [0.05, 0.1) is 11.8 Å². The molecule has 0 unspecified atom stereocenters. The first-order chi connectivity index (χ1) is 12.5. The second-order valence-corrected chi connectivity index (χ2v) is 7.26. The van der Waals surface area contributed by atoms with E-state index < -0.39 is 0 Å². The molecule has 0 aliphatic rings. The predicted molar refractivity (Wildman–Crippen MR) is 106 cm³/mol. The normalized spacial score (nSPS) is 11.5. The molecule has 2 heterocycles. The molecule has 0 fully saturated rings. The molecule has 0 atom stereocenters. The topological polar surface area (TPSA) is 55.6 Å². The molecule has 0 radical (unpaired) electrons. The van der Waals surface area contributed by atoms with Gasteiger partial charge in [-0.15, -0.1) is 11.3 Å². The Morgan fingerprint density at radius 3 is 2.88 bits per heavy atom. The Hall–Kier alpha value is -2.31. The summed E-state index contributed by atoms with van der Waals surface area (Å²) in [5.74, 6) is 0.694. The lowest BCUT2D eigenvalue weighted by atomic mass is 10.1. The van der Waals surface area contributed by atoms with Crippen LogP contribution in [0.3, 0.4) is 0 Å². The molecular formula is C19H20ClN3O2S. The van der Waals surface area contributed by atoms with Crippen LogP contribution in [0.5, 0.6) is 5.75 Å². The highest BCUT2D eigenvalue weighted by atomic mass is 35.5. The molecule has 0 saturated carbocycles. The average Bonchev–Trinajstić information content (AvgIpc) is 3.15. The van der Waals surface area contributed by atoms with E-state index in [4.69, 9.17) is 16.3 Å². The largest absolute Gasteiger partial charge is 0.491 e. The van der Waals surface area contributed by atoms with E-state index >= 15 is 0 Å². The summed E-state index contributed by atoms with van der Waals surface area (Å²) in [6, 6.07) is 7.92. The molecule has 1 amide bonds. The Labute approximate surface area is 161 Å². The summed E-state index contributed by atoms with van der Waals surface area (Å²) in [7, 11) is 0. The summed E-state index contributed by atoms with van der Waals surface area (Å²) in [4.78, 5) is 17.0. The number of benzene rings is 1. The van der Waals surface area contributed by atoms with Crippen molar-refractivity contribution in [2.24, 2.45) is 0 Å². The quantitative estimate of drug-likeness (QED) is 0.616. The van der Waals surface area contributed by atoms with Crippen LogP contribution in [0.1, 0.15) is 25.1 Å². The number of ether oxygens (including phenoxy) is 1. The molecule has 7 heteroatoms. The van der Waals surface area contributed by atoms with E-state index in [9.17, 15) is 4.79 Å². The molecule has 5 nitrogen and oxygen atoms in total. The molecule has 3 rings (SSSR count). The first-order valence-electron chi connectivity index (χ1n) is 8.35. The Morgan fingerprint density at radius 1 is 1.38 bits per heavy atom. The lowest BCUT2D eigenvalue weighted by Gasteiger charge is -2.10. The van der Waals surface area contributed by atoms with Crippen LogP contribution in [0, 0.1) is 0 Å². The predicted octanol–water partition coefficient (Wildman–Crippen LogP) is 4.21. The highest BCUT2D eigenvalue weighted by Gasteiger charge is 2.08. The van der Waals surface area contributed by atoms with E-state index in [-0.39, 0.29) is 12.0 Å². The maximum absolute atomic E-state index is 12.0. The Kier molecular flexibility index (Phi) is 5.96. The first kappa shape index (κ1) is 18.5. The highest BCUT2D eigenvalue weighted by Crippen LogP contribution is 2.22. The number of imidazole rings is 1. The molecule has 0 spiro atoms. The first-order valence-corrected chi connectivity index (χ1v) is 9.61. The van der Waals surface area contributed by atoms with Crippen LogP contribution in [0.2, 0.25) is 5.15 Å². The van der Waals surface area contributed by atoms with Crippen LogP contribution in [-0.2, 0) is 11.2 Å². The zero-order valence-corrected chi connectivity index (χ0v) is 16.2. The van der Waals surface area contributed by atoms with Crippen LogP contribution >= 0.6 is 22.9 Å². The molecule has 0 bridgehead atoms. The van der Waals surface area contributed by atoms with E-state index in [1.807, 2.05) is 54.1 Å². The summed E-state index contributed by atoms with van der Waals surface area (Å²) < 4.78 is 7.48. The number of fused-ring (bicyclic) bond motifs is 1. The van der Waals surface area contributed by atoms with Crippen LogP contribution < -0.4 is 10.1 Å². The molecule has 0 aliphatic carbocycles. The number of halogens is 1. The van der Waals surface area contributed by atoms with Crippen LogP contribution in [-0.4, -0.2) is 27.9 Å². The molecule has 26 heavy (non-hydrogen) atoms. The number of hydrogen-bond donors (Lipinski definition) is 1. The highest BCUT2D eigenvalue weighted by molar-refractivity contribution is 7.15. The van der Waals surface area contributed by atoms with Gasteiger partial charge in [-0.05, 0) is 44.0 Å². The number of rotatable bonds is 7. The van der Waals surface area contributed by atoms with Crippen molar-refractivity contribution in [2.75, 3.05) is 6.54 Å². The number of carbonyl (C=O) groups is 1. The maximum Gasteiger partial charge on any atom is 0.244 e. The zero-order chi connectivity index (χ0) is 18.5. The van der Waals surface area contributed by atoms with Crippen molar-refractivity contribution in [1.82, 2.24) is 14.7 Å². The lowest BCUT2D eigenvalue weighted by molar-refractivity contribution is -0.116. The van der Waals surface area contributed by atoms with Crippen molar-refractivity contribution in [3.05, 3.63) is 58.3 Å². The van der Waals surface area contributed by atoms with Crippen LogP contribution in [0.25, 0.3) is 11.0 Å². The molecule has 3 aromatic rings. The standard InChI is InChI=1S/C19H20ClN3O2S/c1-13(2)25-15-5-3-14(4-6-15)9-10-21-17(24)8-7-16-18(20)22-19-23(16)11-12-26-19/h3-8,11-13H,9-10H2,1-2H3,(H,21,24)/b8-7+. The molecule has 0 aliphatic heterocycles. The molecular weight excluding hydrogens is 370 g/mol. The maximum atomic E-state index is 12.0. The number of thiazole rings is 1. The molecule has 1 N–H and O–H groups in total. The van der Waals surface area contributed by atoms with Crippen LogP contribution in [0.15, 0.2) is 41.9 Å². The molecule has 2 aromatic heterocycles. The van der Waals surface area contributed by atoms with E-state index in [1.54, 1.807) is 6.08 Å². The van der Waals surface area contributed by atoms with E-state index in [2.05, 4.69) is 10.3 Å². The third-order valence-corrected chi connectivity index (χ3v) is 4.69.